The fourth-order valence-corrected chi connectivity index (χ4v) is 1.84. The van der Waals surface area contributed by atoms with Crippen molar-refractivity contribution in [2.45, 2.75) is 32.0 Å². The third-order valence-corrected chi connectivity index (χ3v) is 2.64. The number of nitrogens with zero attached hydrogens (tertiary/aromatic N) is 1. The molecule has 6 nitrogen and oxygen atoms in total. The summed E-state index contributed by atoms with van der Waals surface area (Å²) in [5, 5.41) is 8.97. The molecule has 0 spiro atoms. The summed E-state index contributed by atoms with van der Waals surface area (Å²) < 4.78 is 15.6. The molecule has 0 amide bonds. The highest BCUT2D eigenvalue weighted by atomic mass is 16.5. The summed E-state index contributed by atoms with van der Waals surface area (Å²) in [5.74, 6) is -0.947. The van der Waals surface area contributed by atoms with Crippen molar-refractivity contribution in [2.75, 3.05) is 13.7 Å². The Bertz CT molecular complexity index is 395. The van der Waals surface area contributed by atoms with Gasteiger partial charge in [-0.25, -0.2) is 9.78 Å². The second-order valence-corrected chi connectivity index (χ2v) is 3.92. The third-order valence-electron chi connectivity index (χ3n) is 2.64. The molecule has 0 aromatic carbocycles. The summed E-state index contributed by atoms with van der Waals surface area (Å²) in [5.41, 5.74) is 0.309. The highest BCUT2D eigenvalue weighted by Crippen LogP contribution is 2.28. The van der Waals surface area contributed by atoms with Crippen molar-refractivity contribution in [3.05, 3.63) is 17.3 Å². The summed E-state index contributed by atoms with van der Waals surface area (Å²) in [6.45, 7) is 0.785. The molecule has 1 saturated heterocycles. The lowest BCUT2D eigenvalue weighted by molar-refractivity contribution is -0.00231. The zero-order chi connectivity index (χ0) is 12.3. The van der Waals surface area contributed by atoms with Gasteiger partial charge in [0.15, 0.2) is 0 Å². The fourth-order valence-electron chi connectivity index (χ4n) is 1.84. The van der Waals surface area contributed by atoms with Crippen molar-refractivity contribution in [1.82, 2.24) is 4.98 Å². The topological polar surface area (TPSA) is 81.8 Å². The molecule has 1 aromatic heterocycles. The molecule has 2 rings (SSSR count). The molecule has 94 valence electrons. The van der Waals surface area contributed by atoms with E-state index in [1.165, 1.54) is 7.11 Å². The summed E-state index contributed by atoms with van der Waals surface area (Å²) in [7, 11) is 1.48. The van der Waals surface area contributed by atoms with Crippen molar-refractivity contribution in [3.8, 4) is 0 Å². The van der Waals surface area contributed by atoms with Crippen LogP contribution in [0.5, 0.6) is 0 Å². The molecule has 1 aliphatic heterocycles. The minimum absolute atomic E-state index is 0.123. The van der Waals surface area contributed by atoms with E-state index < -0.39 is 5.97 Å². The first-order valence-electron chi connectivity index (χ1n) is 5.55. The summed E-state index contributed by atoms with van der Waals surface area (Å²) >= 11 is 0. The Balaban J connectivity index is 2.22. The predicted octanol–water partition coefficient (Wildman–Crippen LogP) is 1.76. The van der Waals surface area contributed by atoms with E-state index >= 15 is 0 Å². The lowest BCUT2D eigenvalue weighted by Crippen LogP contribution is -2.11. The lowest BCUT2D eigenvalue weighted by atomic mass is 10.1. The maximum absolute atomic E-state index is 11.0. The summed E-state index contributed by atoms with van der Waals surface area (Å²) in [6.07, 6.45) is 2.64. The summed E-state index contributed by atoms with van der Waals surface area (Å²) in [4.78, 5) is 15.1. The molecule has 1 aliphatic rings. The number of hydrogen-bond acceptors (Lipinski definition) is 5. The number of aromatic nitrogens is 1. The molecule has 17 heavy (non-hydrogen) atoms. The number of methoxy groups -OCH3 is 1. The zero-order valence-corrected chi connectivity index (χ0v) is 9.64. The number of ether oxygens (including phenoxy) is 2. The Kier molecular flexibility index (Phi) is 3.75. The highest BCUT2D eigenvalue weighted by Gasteiger charge is 2.26. The van der Waals surface area contributed by atoms with Gasteiger partial charge in [0.2, 0.25) is 11.7 Å². The first-order chi connectivity index (χ1) is 8.22. The molecule has 1 unspecified atom stereocenters. The Morgan fingerprint density at radius 1 is 1.59 bits per heavy atom. The molecule has 6 heteroatoms. The van der Waals surface area contributed by atoms with Crippen LogP contribution in [0, 0.1) is 0 Å². The zero-order valence-electron chi connectivity index (χ0n) is 9.64. The van der Waals surface area contributed by atoms with Crippen LogP contribution in [-0.2, 0) is 16.1 Å². The number of carboxylic acids is 1. The van der Waals surface area contributed by atoms with E-state index in [0.29, 0.717) is 18.2 Å². The predicted molar refractivity (Wildman–Crippen MR) is 56.7 cm³/mol. The van der Waals surface area contributed by atoms with Crippen molar-refractivity contribution < 1.29 is 23.8 Å². The first kappa shape index (κ1) is 12.1. The molecule has 0 aliphatic carbocycles. The molecule has 0 bridgehead atoms. The van der Waals surface area contributed by atoms with Crippen LogP contribution >= 0.6 is 0 Å². The first-order valence-corrected chi connectivity index (χ1v) is 5.55. The third kappa shape index (κ3) is 2.65. The number of hydrogen-bond donors (Lipinski definition) is 1. The van der Waals surface area contributed by atoms with Crippen molar-refractivity contribution in [1.29, 1.82) is 0 Å². The summed E-state index contributed by atoms with van der Waals surface area (Å²) in [6, 6.07) is 0. The minimum atomic E-state index is -1.13. The lowest BCUT2D eigenvalue weighted by Gasteiger charge is -2.19. The number of carboxylic acid groups (broad SMARTS) is 1. The van der Waals surface area contributed by atoms with Gasteiger partial charge in [-0.3, -0.25) is 0 Å². The van der Waals surface area contributed by atoms with E-state index in [-0.39, 0.29) is 18.5 Å². The molecule has 1 N–H and O–H groups in total. The maximum Gasteiger partial charge on any atom is 0.373 e. The average Bonchev–Trinajstić information content (AvgIpc) is 2.75. The van der Waals surface area contributed by atoms with Crippen molar-refractivity contribution >= 4 is 5.97 Å². The van der Waals surface area contributed by atoms with Gasteiger partial charge in [0.25, 0.3) is 0 Å². The van der Waals surface area contributed by atoms with Crippen LogP contribution in [0.4, 0.5) is 0 Å². The molecule has 1 atom stereocenters. The number of rotatable bonds is 4. The normalized spacial score (nSPS) is 20.4. The van der Waals surface area contributed by atoms with E-state index in [0.717, 1.165) is 19.3 Å². The van der Waals surface area contributed by atoms with E-state index in [1.54, 1.807) is 0 Å². The van der Waals surface area contributed by atoms with Gasteiger partial charge in [-0.2, -0.15) is 0 Å². The van der Waals surface area contributed by atoms with Crippen LogP contribution in [0.2, 0.25) is 0 Å². The van der Waals surface area contributed by atoms with Crippen LogP contribution in [-0.4, -0.2) is 29.8 Å². The van der Waals surface area contributed by atoms with E-state index in [9.17, 15) is 4.79 Å². The van der Waals surface area contributed by atoms with Gasteiger partial charge in [-0.1, -0.05) is 0 Å². The van der Waals surface area contributed by atoms with Crippen LogP contribution in [0.1, 0.15) is 47.5 Å². The number of carbonyl (C=O) groups is 1. The van der Waals surface area contributed by atoms with Gasteiger partial charge in [0, 0.05) is 13.7 Å². The second kappa shape index (κ2) is 5.29. The van der Waals surface area contributed by atoms with E-state index in [4.69, 9.17) is 19.0 Å². The van der Waals surface area contributed by atoms with Crippen molar-refractivity contribution in [3.63, 3.8) is 0 Å². The fraction of sp³-hybridized carbons (Fsp3) is 0.636. The second-order valence-electron chi connectivity index (χ2n) is 3.92. The largest absolute Gasteiger partial charge is 0.475 e. The van der Waals surface area contributed by atoms with Gasteiger partial charge in [-0.15, -0.1) is 0 Å². The molecule has 1 fully saturated rings. The molecular weight excluding hydrogens is 226 g/mol. The Morgan fingerprint density at radius 3 is 3.00 bits per heavy atom. The molecule has 1 aromatic rings. The van der Waals surface area contributed by atoms with Crippen LogP contribution < -0.4 is 0 Å². The number of aromatic carboxylic acids is 1. The average molecular weight is 241 g/mol. The molecular formula is C11H15NO5. The Morgan fingerprint density at radius 2 is 2.41 bits per heavy atom. The quantitative estimate of drug-likeness (QED) is 0.864. The van der Waals surface area contributed by atoms with Crippen LogP contribution in [0.25, 0.3) is 0 Å². The van der Waals surface area contributed by atoms with Crippen LogP contribution in [0.3, 0.4) is 0 Å². The number of oxazole rings is 1. The van der Waals surface area contributed by atoms with Gasteiger partial charge in [-0.05, 0) is 19.3 Å². The van der Waals surface area contributed by atoms with Gasteiger partial charge >= 0.3 is 5.97 Å². The van der Waals surface area contributed by atoms with Gasteiger partial charge in [0.1, 0.15) is 11.8 Å². The molecule has 0 radical (unpaired) electrons. The SMILES string of the molecule is COCc1nc(C2CCCCO2)oc1C(=O)O. The van der Waals surface area contributed by atoms with E-state index in [1.807, 2.05) is 0 Å². The highest BCUT2D eigenvalue weighted by molar-refractivity contribution is 5.85. The smallest absolute Gasteiger partial charge is 0.373 e. The minimum Gasteiger partial charge on any atom is -0.475 e. The monoisotopic (exact) mass is 241 g/mol. The van der Waals surface area contributed by atoms with E-state index in [2.05, 4.69) is 4.98 Å². The van der Waals surface area contributed by atoms with Crippen molar-refractivity contribution in [2.24, 2.45) is 0 Å². The Hall–Kier alpha value is -1.40. The molecule has 0 saturated carbocycles. The Labute approximate surface area is 98.5 Å². The standard InChI is InChI=1S/C11H15NO5/c1-15-6-7-9(11(13)14)17-10(12-7)8-4-2-3-5-16-8/h8H,2-6H2,1H3,(H,13,14). The molecule has 2 heterocycles. The van der Waals surface area contributed by atoms with Crippen LogP contribution in [0.15, 0.2) is 4.42 Å². The maximum atomic E-state index is 11.0. The van der Waals surface area contributed by atoms with Gasteiger partial charge in [0.05, 0.1) is 6.61 Å². The van der Waals surface area contributed by atoms with Gasteiger partial charge < -0.3 is 19.0 Å².